The quantitative estimate of drug-likeness (QED) is 0.665. The summed E-state index contributed by atoms with van der Waals surface area (Å²) in [4.78, 5) is 2.64. The lowest BCUT2D eigenvalue weighted by molar-refractivity contribution is 0.0651. The highest BCUT2D eigenvalue weighted by atomic mass is 15.2. The lowest BCUT2D eigenvalue weighted by Gasteiger charge is -2.46. The molecule has 0 aliphatic heterocycles. The van der Waals surface area contributed by atoms with Gasteiger partial charge in [-0.05, 0) is 45.3 Å². The van der Waals surface area contributed by atoms with Gasteiger partial charge in [-0.2, -0.15) is 0 Å². The van der Waals surface area contributed by atoms with Crippen molar-refractivity contribution < 1.29 is 0 Å². The van der Waals surface area contributed by atoms with Gasteiger partial charge >= 0.3 is 0 Å². The average molecular weight is 240 g/mol. The molecule has 0 aromatic carbocycles. The monoisotopic (exact) mass is 240 g/mol. The van der Waals surface area contributed by atoms with Crippen molar-refractivity contribution in [1.82, 2.24) is 10.2 Å². The van der Waals surface area contributed by atoms with Crippen molar-refractivity contribution in [2.24, 2.45) is 5.92 Å². The minimum absolute atomic E-state index is 0.322. The lowest BCUT2D eigenvalue weighted by atomic mass is 9.84. The number of likely N-dealkylation sites (N-methyl/N-ethyl adjacent to an activating group) is 2. The molecule has 2 nitrogen and oxygen atoms in total. The fourth-order valence-electron chi connectivity index (χ4n) is 3.13. The van der Waals surface area contributed by atoms with Gasteiger partial charge in [0.25, 0.3) is 0 Å². The predicted octanol–water partition coefficient (Wildman–Crippen LogP) is 3.28. The number of hydrogen-bond acceptors (Lipinski definition) is 2. The average Bonchev–Trinajstić information content (AvgIpc) is 3.13. The minimum atomic E-state index is 0.322. The molecule has 0 amide bonds. The Labute approximate surface area is 108 Å². The Kier molecular flexibility index (Phi) is 5.94. The first kappa shape index (κ1) is 15.0. The van der Waals surface area contributed by atoms with Crippen LogP contribution >= 0.6 is 0 Å². The molecule has 0 aromatic heterocycles. The maximum Gasteiger partial charge on any atom is 0.0331 e. The molecule has 0 spiro atoms. The second-order valence-corrected chi connectivity index (χ2v) is 5.67. The van der Waals surface area contributed by atoms with Crippen LogP contribution in [0.4, 0.5) is 0 Å². The van der Waals surface area contributed by atoms with E-state index in [2.05, 4.69) is 44.8 Å². The van der Waals surface area contributed by atoms with Crippen LogP contribution in [0.1, 0.15) is 60.3 Å². The standard InChI is InChI=1S/C15H32N2/c1-6-15(5,17(8-3)9-4)14(16-7-2)12-13-10-11-13/h13-14,16H,6-12H2,1-5H3. The minimum Gasteiger partial charge on any atom is -0.312 e. The zero-order chi connectivity index (χ0) is 12.9. The summed E-state index contributed by atoms with van der Waals surface area (Å²) in [6.45, 7) is 15.0. The van der Waals surface area contributed by atoms with E-state index in [1.54, 1.807) is 0 Å². The summed E-state index contributed by atoms with van der Waals surface area (Å²) in [5.41, 5.74) is 0.322. The van der Waals surface area contributed by atoms with Gasteiger partial charge in [-0.25, -0.2) is 0 Å². The molecule has 2 atom stereocenters. The molecule has 2 unspecified atom stereocenters. The molecular formula is C15H32N2. The molecule has 1 N–H and O–H groups in total. The first-order chi connectivity index (χ1) is 8.12. The van der Waals surface area contributed by atoms with E-state index < -0.39 is 0 Å². The van der Waals surface area contributed by atoms with Gasteiger partial charge in [0.2, 0.25) is 0 Å². The first-order valence-electron chi connectivity index (χ1n) is 7.60. The zero-order valence-electron chi connectivity index (χ0n) is 12.6. The fourth-order valence-corrected chi connectivity index (χ4v) is 3.13. The van der Waals surface area contributed by atoms with Crippen LogP contribution in [0.3, 0.4) is 0 Å². The van der Waals surface area contributed by atoms with Crippen LogP contribution in [-0.4, -0.2) is 36.1 Å². The molecule has 1 rings (SSSR count). The lowest BCUT2D eigenvalue weighted by Crippen LogP contribution is -2.59. The Morgan fingerprint density at radius 3 is 2.12 bits per heavy atom. The highest BCUT2D eigenvalue weighted by Crippen LogP contribution is 2.37. The van der Waals surface area contributed by atoms with Gasteiger partial charge in [-0.3, -0.25) is 4.90 Å². The normalized spacial score (nSPS) is 21.5. The summed E-state index contributed by atoms with van der Waals surface area (Å²) in [5, 5.41) is 3.75. The molecule has 17 heavy (non-hydrogen) atoms. The van der Waals surface area contributed by atoms with Crippen LogP contribution in [-0.2, 0) is 0 Å². The van der Waals surface area contributed by atoms with E-state index in [0.717, 1.165) is 25.6 Å². The Balaban J connectivity index is 2.75. The molecule has 0 saturated heterocycles. The van der Waals surface area contributed by atoms with E-state index in [0.29, 0.717) is 11.6 Å². The van der Waals surface area contributed by atoms with Crippen LogP contribution in [0.2, 0.25) is 0 Å². The van der Waals surface area contributed by atoms with Crippen molar-refractivity contribution >= 4 is 0 Å². The van der Waals surface area contributed by atoms with Gasteiger partial charge in [0, 0.05) is 11.6 Å². The van der Waals surface area contributed by atoms with Gasteiger partial charge in [-0.1, -0.05) is 40.5 Å². The van der Waals surface area contributed by atoms with E-state index in [1.165, 1.54) is 25.7 Å². The van der Waals surface area contributed by atoms with Crippen LogP contribution in [0.15, 0.2) is 0 Å². The van der Waals surface area contributed by atoms with Gasteiger partial charge in [0.1, 0.15) is 0 Å². The van der Waals surface area contributed by atoms with Gasteiger partial charge < -0.3 is 5.32 Å². The van der Waals surface area contributed by atoms with E-state index in [4.69, 9.17) is 0 Å². The van der Waals surface area contributed by atoms with Crippen molar-refractivity contribution in [2.45, 2.75) is 71.9 Å². The SMILES string of the molecule is CCNC(CC1CC1)C(C)(CC)N(CC)CC. The van der Waals surface area contributed by atoms with Crippen molar-refractivity contribution in [3.05, 3.63) is 0 Å². The summed E-state index contributed by atoms with van der Waals surface area (Å²) in [6.07, 6.45) is 5.52. The third-order valence-corrected chi connectivity index (χ3v) is 4.67. The highest BCUT2D eigenvalue weighted by molar-refractivity contribution is 4.98. The Morgan fingerprint density at radius 2 is 1.76 bits per heavy atom. The van der Waals surface area contributed by atoms with Crippen molar-refractivity contribution in [3.8, 4) is 0 Å². The molecule has 1 aliphatic rings. The molecule has 0 radical (unpaired) electrons. The van der Waals surface area contributed by atoms with Crippen LogP contribution in [0.5, 0.6) is 0 Å². The van der Waals surface area contributed by atoms with Crippen molar-refractivity contribution in [1.29, 1.82) is 0 Å². The molecule has 0 aromatic rings. The molecule has 102 valence electrons. The highest BCUT2D eigenvalue weighted by Gasteiger charge is 2.39. The van der Waals surface area contributed by atoms with Crippen LogP contribution < -0.4 is 5.32 Å². The van der Waals surface area contributed by atoms with E-state index in [-0.39, 0.29) is 0 Å². The molecule has 2 heteroatoms. The third kappa shape index (κ3) is 3.69. The number of nitrogens with zero attached hydrogens (tertiary/aromatic N) is 1. The van der Waals surface area contributed by atoms with Gasteiger partial charge in [0.05, 0.1) is 0 Å². The molecule has 1 saturated carbocycles. The van der Waals surface area contributed by atoms with Gasteiger partial charge in [-0.15, -0.1) is 0 Å². The Hall–Kier alpha value is -0.0800. The molecular weight excluding hydrogens is 208 g/mol. The molecule has 1 aliphatic carbocycles. The van der Waals surface area contributed by atoms with E-state index >= 15 is 0 Å². The Morgan fingerprint density at radius 1 is 1.18 bits per heavy atom. The first-order valence-corrected chi connectivity index (χ1v) is 7.60. The van der Waals surface area contributed by atoms with E-state index in [1.807, 2.05) is 0 Å². The largest absolute Gasteiger partial charge is 0.312 e. The van der Waals surface area contributed by atoms with E-state index in [9.17, 15) is 0 Å². The van der Waals surface area contributed by atoms with Crippen molar-refractivity contribution in [2.75, 3.05) is 19.6 Å². The summed E-state index contributed by atoms with van der Waals surface area (Å²) in [5.74, 6) is 1.00. The third-order valence-electron chi connectivity index (χ3n) is 4.67. The van der Waals surface area contributed by atoms with Crippen molar-refractivity contribution in [3.63, 3.8) is 0 Å². The molecule has 0 bridgehead atoms. The van der Waals surface area contributed by atoms with Crippen LogP contribution in [0, 0.1) is 5.92 Å². The van der Waals surface area contributed by atoms with Gasteiger partial charge in [0.15, 0.2) is 0 Å². The number of rotatable bonds is 9. The predicted molar refractivity (Wildman–Crippen MR) is 76.4 cm³/mol. The second kappa shape index (κ2) is 6.75. The summed E-state index contributed by atoms with van der Waals surface area (Å²) in [7, 11) is 0. The Bertz CT molecular complexity index is 209. The number of hydrogen-bond donors (Lipinski definition) is 1. The second-order valence-electron chi connectivity index (χ2n) is 5.67. The maximum atomic E-state index is 3.75. The molecule has 0 heterocycles. The fraction of sp³-hybridized carbons (Fsp3) is 1.00. The topological polar surface area (TPSA) is 15.3 Å². The summed E-state index contributed by atoms with van der Waals surface area (Å²) in [6, 6.07) is 0.657. The molecule has 1 fully saturated rings. The number of nitrogens with one attached hydrogen (secondary N) is 1. The van der Waals surface area contributed by atoms with Crippen LogP contribution in [0.25, 0.3) is 0 Å². The summed E-state index contributed by atoms with van der Waals surface area (Å²) >= 11 is 0. The maximum absolute atomic E-state index is 3.75. The smallest absolute Gasteiger partial charge is 0.0331 e. The zero-order valence-corrected chi connectivity index (χ0v) is 12.6. The summed E-state index contributed by atoms with van der Waals surface area (Å²) < 4.78 is 0.